The van der Waals surface area contributed by atoms with Crippen molar-refractivity contribution in [1.82, 2.24) is 4.98 Å². The van der Waals surface area contributed by atoms with E-state index in [2.05, 4.69) is 16.0 Å². The van der Waals surface area contributed by atoms with Crippen LogP contribution in [0.25, 0.3) is 0 Å². The number of rotatable bonds is 5. The van der Waals surface area contributed by atoms with Crippen LogP contribution >= 0.6 is 0 Å². The first-order valence-electron chi connectivity index (χ1n) is 6.77. The third kappa shape index (κ3) is 3.66. The van der Waals surface area contributed by atoms with Gasteiger partial charge in [0.2, 0.25) is 0 Å². The Hall–Kier alpha value is -1.64. The lowest BCUT2D eigenvalue weighted by Gasteiger charge is -2.33. The van der Waals surface area contributed by atoms with E-state index in [0.29, 0.717) is 18.3 Å². The molecule has 1 saturated heterocycles. The first-order chi connectivity index (χ1) is 9.35. The predicted molar refractivity (Wildman–Crippen MR) is 73.8 cm³/mol. The Morgan fingerprint density at radius 1 is 1.47 bits per heavy atom. The molecule has 19 heavy (non-hydrogen) atoms. The zero-order valence-electron chi connectivity index (χ0n) is 11.1. The molecule has 5 nitrogen and oxygen atoms in total. The van der Waals surface area contributed by atoms with Gasteiger partial charge in [-0.25, -0.2) is 4.98 Å². The second kappa shape index (κ2) is 7.07. The number of anilines is 1. The molecular weight excluding hydrogens is 240 g/mol. The number of nitrogens with zero attached hydrogens (tertiary/aromatic N) is 3. The molecule has 0 atom stereocenters. The molecule has 0 spiro atoms. The number of nitrogens with two attached hydrogens (primary N) is 1. The molecule has 1 aromatic rings. The number of hydrogen-bond acceptors (Lipinski definition) is 5. The van der Waals surface area contributed by atoms with Crippen molar-refractivity contribution in [1.29, 1.82) is 5.26 Å². The van der Waals surface area contributed by atoms with E-state index in [9.17, 15) is 0 Å². The molecule has 1 fully saturated rings. The maximum Gasteiger partial charge on any atom is 0.163 e. The van der Waals surface area contributed by atoms with Crippen molar-refractivity contribution in [2.75, 3.05) is 31.1 Å². The Morgan fingerprint density at radius 3 is 2.95 bits per heavy atom. The predicted octanol–water partition coefficient (Wildman–Crippen LogP) is 1.29. The maximum atomic E-state index is 9.07. The minimum atomic E-state index is 0.324. The Morgan fingerprint density at radius 2 is 2.26 bits per heavy atom. The molecule has 0 aliphatic carbocycles. The maximum absolute atomic E-state index is 9.07. The van der Waals surface area contributed by atoms with Crippen LogP contribution in [-0.4, -0.2) is 37.3 Å². The minimum Gasteiger partial charge on any atom is -0.378 e. The average molecular weight is 260 g/mol. The fourth-order valence-corrected chi connectivity index (χ4v) is 2.33. The third-order valence-corrected chi connectivity index (χ3v) is 3.38. The van der Waals surface area contributed by atoms with Crippen LogP contribution in [0.1, 0.15) is 25.0 Å². The summed E-state index contributed by atoms with van der Waals surface area (Å²) in [6.45, 7) is 3.25. The van der Waals surface area contributed by atoms with Crippen molar-refractivity contribution >= 4 is 5.69 Å². The van der Waals surface area contributed by atoms with Gasteiger partial charge in [0, 0.05) is 25.9 Å². The number of piperidine rings is 1. The quantitative estimate of drug-likeness (QED) is 0.807. The summed E-state index contributed by atoms with van der Waals surface area (Å²) >= 11 is 0. The molecule has 0 bridgehead atoms. The summed E-state index contributed by atoms with van der Waals surface area (Å²) in [7, 11) is 0. The van der Waals surface area contributed by atoms with E-state index in [0.717, 1.165) is 44.6 Å². The average Bonchev–Trinajstić information content (AvgIpc) is 2.48. The lowest BCUT2D eigenvalue weighted by Crippen LogP contribution is -2.37. The summed E-state index contributed by atoms with van der Waals surface area (Å²) < 4.78 is 5.78. The van der Waals surface area contributed by atoms with Crippen LogP contribution in [0.5, 0.6) is 0 Å². The van der Waals surface area contributed by atoms with Gasteiger partial charge in [0.15, 0.2) is 5.69 Å². The molecule has 0 unspecified atom stereocenters. The molecule has 1 aliphatic heterocycles. The van der Waals surface area contributed by atoms with Crippen LogP contribution < -0.4 is 10.6 Å². The zero-order valence-corrected chi connectivity index (χ0v) is 11.1. The summed E-state index contributed by atoms with van der Waals surface area (Å²) in [6, 6.07) is 5.98. The lowest BCUT2D eigenvalue weighted by molar-refractivity contribution is 0.0366. The van der Waals surface area contributed by atoms with Gasteiger partial charge in [0.25, 0.3) is 0 Å². The van der Waals surface area contributed by atoms with Crippen LogP contribution in [0.2, 0.25) is 0 Å². The number of hydrogen-bond donors (Lipinski definition) is 1. The molecule has 1 aromatic heterocycles. The van der Waals surface area contributed by atoms with Crippen molar-refractivity contribution < 1.29 is 4.74 Å². The Balaban J connectivity index is 1.88. The zero-order chi connectivity index (χ0) is 13.5. The standard InChI is InChI=1S/C14H20N4O/c15-6-2-10-19-12-4-8-18(9-5-12)14-3-1-7-17-13(14)11-16/h1,3,7,12H,2,4-6,8-10,15H2. The molecule has 5 heteroatoms. The summed E-state index contributed by atoms with van der Waals surface area (Å²) in [5, 5.41) is 9.07. The lowest BCUT2D eigenvalue weighted by atomic mass is 10.1. The van der Waals surface area contributed by atoms with E-state index in [1.807, 2.05) is 12.1 Å². The topological polar surface area (TPSA) is 75.2 Å². The summed E-state index contributed by atoms with van der Waals surface area (Å²) in [6.07, 6.45) is 4.88. The first-order valence-corrected chi connectivity index (χ1v) is 6.77. The molecule has 0 radical (unpaired) electrons. The first kappa shape index (κ1) is 13.8. The number of ether oxygens (including phenoxy) is 1. The Labute approximate surface area is 114 Å². The fourth-order valence-electron chi connectivity index (χ4n) is 2.33. The SMILES string of the molecule is N#Cc1ncccc1N1CCC(OCCCN)CC1. The van der Waals surface area contributed by atoms with Gasteiger partial charge in [-0.05, 0) is 37.9 Å². The van der Waals surface area contributed by atoms with Crippen LogP contribution in [0.4, 0.5) is 5.69 Å². The van der Waals surface area contributed by atoms with Gasteiger partial charge in [0.1, 0.15) is 6.07 Å². The summed E-state index contributed by atoms with van der Waals surface area (Å²) in [4.78, 5) is 6.32. The van der Waals surface area contributed by atoms with E-state index < -0.39 is 0 Å². The third-order valence-electron chi connectivity index (χ3n) is 3.38. The second-order valence-corrected chi connectivity index (χ2v) is 4.68. The van der Waals surface area contributed by atoms with Gasteiger partial charge >= 0.3 is 0 Å². The number of nitriles is 1. The van der Waals surface area contributed by atoms with Gasteiger partial charge < -0.3 is 15.4 Å². The van der Waals surface area contributed by atoms with Crippen molar-refractivity contribution in [3.63, 3.8) is 0 Å². The Bertz CT molecular complexity index is 435. The van der Waals surface area contributed by atoms with E-state index in [1.165, 1.54) is 0 Å². The molecule has 2 rings (SSSR count). The second-order valence-electron chi connectivity index (χ2n) is 4.68. The molecule has 102 valence electrons. The highest BCUT2D eigenvalue weighted by atomic mass is 16.5. The van der Waals surface area contributed by atoms with Crippen LogP contribution in [0.15, 0.2) is 18.3 Å². The van der Waals surface area contributed by atoms with Crippen LogP contribution in [0.3, 0.4) is 0 Å². The van der Waals surface area contributed by atoms with Gasteiger partial charge in [-0.2, -0.15) is 5.26 Å². The van der Waals surface area contributed by atoms with Crippen molar-refractivity contribution in [3.05, 3.63) is 24.0 Å². The van der Waals surface area contributed by atoms with Crippen molar-refractivity contribution in [3.8, 4) is 6.07 Å². The van der Waals surface area contributed by atoms with Crippen LogP contribution in [-0.2, 0) is 4.74 Å². The summed E-state index contributed by atoms with van der Waals surface area (Å²) in [5.74, 6) is 0. The fraction of sp³-hybridized carbons (Fsp3) is 0.571. The molecule has 2 N–H and O–H groups in total. The molecule has 1 aliphatic rings. The van der Waals surface area contributed by atoms with E-state index >= 15 is 0 Å². The van der Waals surface area contributed by atoms with Crippen LogP contribution in [0, 0.1) is 11.3 Å². The molecule has 2 heterocycles. The number of pyridine rings is 1. The van der Waals surface area contributed by atoms with E-state index in [4.69, 9.17) is 15.7 Å². The van der Waals surface area contributed by atoms with Gasteiger partial charge in [-0.1, -0.05) is 0 Å². The van der Waals surface area contributed by atoms with Crippen molar-refractivity contribution in [2.24, 2.45) is 5.73 Å². The highest BCUT2D eigenvalue weighted by Crippen LogP contribution is 2.23. The number of aromatic nitrogens is 1. The van der Waals surface area contributed by atoms with Gasteiger partial charge in [-0.3, -0.25) is 0 Å². The largest absolute Gasteiger partial charge is 0.378 e. The normalized spacial score (nSPS) is 16.3. The van der Waals surface area contributed by atoms with E-state index in [-0.39, 0.29) is 0 Å². The van der Waals surface area contributed by atoms with E-state index in [1.54, 1.807) is 6.20 Å². The van der Waals surface area contributed by atoms with Crippen molar-refractivity contribution in [2.45, 2.75) is 25.4 Å². The monoisotopic (exact) mass is 260 g/mol. The highest BCUT2D eigenvalue weighted by molar-refractivity contribution is 5.55. The molecule has 0 amide bonds. The molecular formula is C14H20N4O. The minimum absolute atomic E-state index is 0.324. The van der Waals surface area contributed by atoms with Gasteiger partial charge in [0.05, 0.1) is 11.8 Å². The smallest absolute Gasteiger partial charge is 0.163 e. The Kier molecular flexibility index (Phi) is 5.13. The summed E-state index contributed by atoms with van der Waals surface area (Å²) in [5.41, 5.74) is 6.89. The van der Waals surface area contributed by atoms with Gasteiger partial charge in [-0.15, -0.1) is 0 Å². The highest BCUT2D eigenvalue weighted by Gasteiger charge is 2.21. The molecule has 0 saturated carbocycles. The molecule has 0 aromatic carbocycles.